The predicted octanol–water partition coefficient (Wildman–Crippen LogP) is 6.78. The summed E-state index contributed by atoms with van der Waals surface area (Å²) in [6, 6.07) is 31.3. The van der Waals surface area contributed by atoms with Crippen molar-refractivity contribution in [2.24, 2.45) is 0 Å². The van der Waals surface area contributed by atoms with Crippen molar-refractivity contribution in [2.45, 2.75) is 19.3 Å². The van der Waals surface area contributed by atoms with E-state index < -0.39 is 0 Å². The zero-order valence-electron chi connectivity index (χ0n) is 17.5. The van der Waals surface area contributed by atoms with Gasteiger partial charge in [0.25, 0.3) is 0 Å². The van der Waals surface area contributed by atoms with Crippen LogP contribution >= 0.6 is 0 Å². The van der Waals surface area contributed by atoms with Crippen molar-refractivity contribution in [1.82, 2.24) is 0 Å². The number of nitrogens with two attached hydrogens (primary N) is 2. The number of nitrogen functional groups attached to an aromatic ring is 2. The third kappa shape index (κ3) is 5.58. The van der Waals surface area contributed by atoms with Crippen LogP contribution in [0.1, 0.15) is 24.0 Å². The van der Waals surface area contributed by atoms with Crippen molar-refractivity contribution < 1.29 is 9.47 Å². The van der Waals surface area contributed by atoms with Crippen LogP contribution in [0.2, 0.25) is 0 Å². The van der Waals surface area contributed by atoms with Crippen LogP contribution in [0, 0.1) is 0 Å². The van der Waals surface area contributed by atoms with E-state index in [2.05, 4.69) is 31.2 Å². The summed E-state index contributed by atoms with van der Waals surface area (Å²) < 4.78 is 11.8. The molecule has 4 aromatic rings. The molecule has 0 aliphatic rings. The second kappa shape index (κ2) is 9.26. The van der Waals surface area contributed by atoms with E-state index in [9.17, 15) is 0 Å². The molecule has 4 aromatic carbocycles. The number of rotatable bonds is 7. The van der Waals surface area contributed by atoms with Crippen molar-refractivity contribution in [2.75, 3.05) is 11.5 Å². The van der Waals surface area contributed by atoms with Gasteiger partial charge >= 0.3 is 0 Å². The summed E-state index contributed by atoms with van der Waals surface area (Å²) >= 11 is 0. The summed E-state index contributed by atoms with van der Waals surface area (Å²) in [5.74, 6) is 3.44. The van der Waals surface area contributed by atoms with Crippen molar-refractivity contribution in [3.05, 3.63) is 108 Å². The molecule has 4 N–H and O–H groups in total. The lowest BCUT2D eigenvalue weighted by Gasteiger charge is -2.14. The molecule has 4 heteroatoms. The Bertz CT molecular complexity index is 1140. The fourth-order valence-electron chi connectivity index (χ4n) is 3.46. The van der Waals surface area contributed by atoms with Crippen molar-refractivity contribution in [3.63, 3.8) is 0 Å². The molecule has 0 saturated heterocycles. The van der Waals surface area contributed by atoms with Crippen molar-refractivity contribution >= 4 is 11.4 Å². The number of hydrogen-bond acceptors (Lipinski definition) is 4. The van der Waals surface area contributed by atoms with Gasteiger partial charge in [0.05, 0.1) is 0 Å². The second-order valence-corrected chi connectivity index (χ2v) is 7.67. The van der Waals surface area contributed by atoms with Crippen LogP contribution < -0.4 is 20.9 Å². The summed E-state index contributed by atoms with van der Waals surface area (Å²) in [5, 5.41) is 0. The molecule has 0 fully saturated rings. The molecule has 0 spiro atoms. The van der Waals surface area contributed by atoms with Crippen LogP contribution in [0.4, 0.5) is 11.4 Å². The molecule has 4 rings (SSSR count). The highest BCUT2D eigenvalue weighted by molar-refractivity contribution is 5.46. The van der Waals surface area contributed by atoms with Gasteiger partial charge in [0, 0.05) is 23.5 Å². The highest BCUT2D eigenvalue weighted by atomic mass is 16.5. The molecule has 1 atom stereocenters. The molecular formula is C27H26N2O2. The van der Waals surface area contributed by atoms with E-state index in [-0.39, 0.29) is 0 Å². The van der Waals surface area contributed by atoms with E-state index in [4.69, 9.17) is 20.9 Å². The van der Waals surface area contributed by atoms with Gasteiger partial charge in [-0.15, -0.1) is 0 Å². The normalized spacial score (nSPS) is 11.6. The molecule has 31 heavy (non-hydrogen) atoms. The van der Waals surface area contributed by atoms with E-state index in [0.29, 0.717) is 17.3 Å². The maximum atomic E-state index is 5.88. The third-order valence-corrected chi connectivity index (χ3v) is 5.10. The summed E-state index contributed by atoms with van der Waals surface area (Å²) in [7, 11) is 0. The zero-order chi connectivity index (χ0) is 21.6. The van der Waals surface area contributed by atoms with Gasteiger partial charge < -0.3 is 20.9 Å². The smallest absolute Gasteiger partial charge is 0.129 e. The van der Waals surface area contributed by atoms with Gasteiger partial charge in [0.15, 0.2) is 0 Å². The number of hydrogen-bond donors (Lipinski definition) is 2. The Balaban J connectivity index is 1.36. The molecule has 0 aliphatic heterocycles. The van der Waals surface area contributed by atoms with Gasteiger partial charge in [-0.1, -0.05) is 43.3 Å². The molecule has 1 unspecified atom stereocenters. The molecule has 0 radical (unpaired) electrons. The minimum Gasteiger partial charge on any atom is -0.457 e. The topological polar surface area (TPSA) is 70.5 Å². The molecule has 0 saturated carbocycles. The Hall–Kier alpha value is -3.92. The van der Waals surface area contributed by atoms with E-state index in [0.717, 1.165) is 29.4 Å². The highest BCUT2D eigenvalue weighted by Crippen LogP contribution is 2.28. The van der Waals surface area contributed by atoms with Crippen LogP contribution in [0.25, 0.3) is 0 Å². The molecule has 0 aromatic heterocycles. The zero-order valence-corrected chi connectivity index (χ0v) is 17.5. The van der Waals surface area contributed by atoms with E-state index in [1.54, 1.807) is 0 Å². The summed E-state index contributed by atoms with van der Waals surface area (Å²) in [4.78, 5) is 0. The first-order chi connectivity index (χ1) is 15.0. The number of ether oxygens (including phenoxy) is 2. The summed E-state index contributed by atoms with van der Waals surface area (Å²) in [6.07, 6.45) is 0.938. The first-order valence-corrected chi connectivity index (χ1v) is 10.3. The molecule has 0 bridgehead atoms. The molecule has 0 aliphatic carbocycles. The van der Waals surface area contributed by atoms with E-state index in [1.807, 2.05) is 72.8 Å². The van der Waals surface area contributed by atoms with Crippen LogP contribution in [-0.4, -0.2) is 0 Å². The number of benzene rings is 4. The second-order valence-electron chi connectivity index (χ2n) is 7.67. The van der Waals surface area contributed by atoms with E-state index >= 15 is 0 Å². The molecular weight excluding hydrogens is 384 g/mol. The Morgan fingerprint density at radius 2 is 1.10 bits per heavy atom. The van der Waals surface area contributed by atoms with E-state index in [1.165, 1.54) is 11.1 Å². The first kappa shape index (κ1) is 20.4. The van der Waals surface area contributed by atoms with Gasteiger partial charge in [-0.25, -0.2) is 0 Å². The minimum atomic E-state index is 0.377. The van der Waals surface area contributed by atoms with Crippen molar-refractivity contribution in [3.8, 4) is 23.0 Å². The maximum Gasteiger partial charge on any atom is 0.129 e. The quantitative estimate of drug-likeness (QED) is 0.329. The minimum absolute atomic E-state index is 0.377. The maximum absolute atomic E-state index is 5.88. The van der Waals surface area contributed by atoms with Gasteiger partial charge in [0.2, 0.25) is 0 Å². The molecule has 0 heterocycles. The van der Waals surface area contributed by atoms with Crippen molar-refractivity contribution in [1.29, 1.82) is 0 Å². The fourth-order valence-corrected chi connectivity index (χ4v) is 3.46. The van der Waals surface area contributed by atoms with Gasteiger partial charge in [-0.05, 0) is 72.0 Å². The summed E-state index contributed by atoms with van der Waals surface area (Å²) in [5.41, 5.74) is 15.5. The van der Waals surface area contributed by atoms with Gasteiger partial charge in [-0.3, -0.25) is 0 Å². The monoisotopic (exact) mass is 410 g/mol. The Morgan fingerprint density at radius 1 is 0.613 bits per heavy atom. The first-order valence-electron chi connectivity index (χ1n) is 10.3. The third-order valence-electron chi connectivity index (χ3n) is 5.10. The van der Waals surface area contributed by atoms with Gasteiger partial charge in [-0.2, -0.15) is 0 Å². The standard InChI is InChI=1S/C27H26N2O2/c1-19(21-10-14-25(15-11-21)31-27-7-3-5-23(29)18-27)16-20-8-12-24(13-9-20)30-26-6-2-4-22(28)17-26/h2-15,17-19H,16,28-29H2,1H3. The van der Waals surface area contributed by atoms with Crippen LogP contribution in [-0.2, 0) is 6.42 Å². The Kier molecular flexibility index (Phi) is 6.08. The molecule has 156 valence electrons. The lowest BCUT2D eigenvalue weighted by atomic mass is 9.94. The fraction of sp³-hybridized carbons (Fsp3) is 0.111. The van der Waals surface area contributed by atoms with Crippen LogP contribution in [0.5, 0.6) is 23.0 Å². The van der Waals surface area contributed by atoms with Crippen LogP contribution in [0.3, 0.4) is 0 Å². The lowest BCUT2D eigenvalue weighted by Crippen LogP contribution is -1.98. The predicted molar refractivity (Wildman–Crippen MR) is 127 cm³/mol. The molecule has 4 nitrogen and oxygen atoms in total. The highest BCUT2D eigenvalue weighted by Gasteiger charge is 2.08. The molecule has 0 amide bonds. The van der Waals surface area contributed by atoms with Gasteiger partial charge in [0.1, 0.15) is 23.0 Å². The van der Waals surface area contributed by atoms with Crippen LogP contribution in [0.15, 0.2) is 97.1 Å². The summed E-state index contributed by atoms with van der Waals surface area (Å²) in [6.45, 7) is 2.23. The lowest BCUT2D eigenvalue weighted by molar-refractivity contribution is 0.482. The Labute approximate surface area is 183 Å². The Morgan fingerprint density at radius 3 is 1.58 bits per heavy atom. The average Bonchev–Trinajstić information content (AvgIpc) is 2.76. The SMILES string of the molecule is CC(Cc1ccc(Oc2cccc(N)c2)cc1)c1ccc(Oc2cccc(N)c2)cc1. The average molecular weight is 411 g/mol. The number of anilines is 2. The largest absolute Gasteiger partial charge is 0.457 e.